The maximum Gasteiger partial charge on any atom is 0.230 e. The summed E-state index contributed by atoms with van der Waals surface area (Å²) < 4.78 is 7.33. The third kappa shape index (κ3) is 3.54. The molecule has 140 valence electrons. The topological polar surface area (TPSA) is 102 Å². The molecule has 0 amide bonds. The fourth-order valence-electron chi connectivity index (χ4n) is 3.06. The molecule has 0 saturated carbocycles. The molecular weight excluding hydrogens is 344 g/mol. The first-order valence-corrected chi connectivity index (χ1v) is 8.79. The summed E-state index contributed by atoms with van der Waals surface area (Å²) in [6.45, 7) is 3.70. The maximum absolute atomic E-state index is 5.48. The van der Waals surface area contributed by atoms with Crippen molar-refractivity contribution in [1.29, 1.82) is 0 Å². The van der Waals surface area contributed by atoms with Crippen LogP contribution in [0.25, 0.3) is 5.69 Å². The molecule has 27 heavy (non-hydrogen) atoms. The van der Waals surface area contributed by atoms with E-state index in [9.17, 15) is 0 Å². The van der Waals surface area contributed by atoms with E-state index < -0.39 is 0 Å². The van der Waals surface area contributed by atoms with E-state index in [1.165, 1.54) is 5.56 Å². The van der Waals surface area contributed by atoms with Crippen molar-refractivity contribution in [3.8, 4) is 11.4 Å². The lowest BCUT2D eigenvalue weighted by Crippen LogP contribution is -2.22. The number of nitrogens with zero attached hydrogens (tertiary/aromatic N) is 5. The highest BCUT2D eigenvalue weighted by Crippen LogP contribution is 2.26. The minimum Gasteiger partial charge on any atom is -0.493 e. The molecule has 0 saturated heterocycles. The Bertz CT molecular complexity index is 944. The van der Waals surface area contributed by atoms with Crippen molar-refractivity contribution in [3.63, 3.8) is 0 Å². The Labute approximate surface area is 157 Å². The number of aromatic nitrogens is 5. The van der Waals surface area contributed by atoms with Gasteiger partial charge in [0.05, 0.1) is 19.0 Å². The van der Waals surface area contributed by atoms with Crippen molar-refractivity contribution < 1.29 is 4.74 Å². The highest BCUT2D eigenvalue weighted by molar-refractivity contribution is 5.58. The molecule has 1 aliphatic heterocycles. The van der Waals surface area contributed by atoms with Gasteiger partial charge in [-0.25, -0.2) is 14.6 Å². The number of aryl methyl sites for hydroxylation is 1. The minimum absolute atomic E-state index is 0.479. The zero-order chi connectivity index (χ0) is 18.8. The molecule has 0 aromatic carbocycles. The van der Waals surface area contributed by atoms with Gasteiger partial charge in [0.15, 0.2) is 5.75 Å². The number of fused-ring (bicyclic) bond motifs is 1. The van der Waals surface area contributed by atoms with E-state index in [1.54, 1.807) is 13.3 Å². The van der Waals surface area contributed by atoms with E-state index in [0.717, 1.165) is 42.4 Å². The molecule has 1 aliphatic rings. The Morgan fingerprint density at radius 2 is 2.11 bits per heavy atom. The van der Waals surface area contributed by atoms with Crippen LogP contribution in [-0.4, -0.2) is 45.4 Å². The Hall–Kier alpha value is -3.20. The first kappa shape index (κ1) is 17.2. The van der Waals surface area contributed by atoms with Crippen molar-refractivity contribution in [2.24, 2.45) is 0 Å². The molecule has 0 bridgehead atoms. The van der Waals surface area contributed by atoms with Crippen LogP contribution in [-0.2, 0) is 13.0 Å². The SMILES string of the molecule is CNc1cc(C)nc(Nc2cc(-n3cc4c(n3)CCNC4)c(OC)cn2)n1. The third-order valence-corrected chi connectivity index (χ3v) is 4.40. The first-order chi connectivity index (χ1) is 13.2. The summed E-state index contributed by atoms with van der Waals surface area (Å²) >= 11 is 0. The van der Waals surface area contributed by atoms with Gasteiger partial charge in [0.25, 0.3) is 0 Å². The summed E-state index contributed by atoms with van der Waals surface area (Å²) in [6, 6.07) is 3.76. The highest BCUT2D eigenvalue weighted by atomic mass is 16.5. The van der Waals surface area contributed by atoms with E-state index >= 15 is 0 Å². The van der Waals surface area contributed by atoms with Crippen molar-refractivity contribution in [2.45, 2.75) is 19.9 Å². The monoisotopic (exact) mass is 366 g/mol. The number of hydrogen-bond donors (Lipinski definition) is 3. The summed E-state index contributed by atoms with van der Waals surface area (Å²) in [5, 5.41) is 14.3. The van der Waals surface area contributed by atoms with Gasteiger partial charge in [0.2, 0.25) is 5.95 Å². The van der Waals surface area contributed by atoms with Gasteiger partial charge < -0.3 is 20.7 Å². The van der Waals surface area contributed by atoms with Gasteiger partial charge >= 0.3 is 0 Å². The lowest BCUT2D eigenvalue weighted by Gasteiger charge is -2.11. The van der Waals surface area contributed by atoms with Crippen molar-refractivity contribution >= 4 is 17.6 Å². The molecule has 3 aromatic heterocycles. The van der Waals surface area contributed by atoms with E-state index in [-0.39, 0.29) is 0 Å². The molecule has 4 heterocycles. The molecule has 0 aliphatic carbocycles. The van der Waals surface area contributed by atoms with Gasteiger partial charge in [-0.2, -0.15) is 10.1 Å². The number of nitrogens with one attached hydrogen (secondary N) is 3. The molecular formula is C18H22N8O. The van der Waals surface area contributed by atoms with Crippen LogP contribution in [0.15, 0.2) is 24.5 Å². The number of ether oxygens (including phenoxy) is 1. The fourth-order valence-corrected chi connectivity index (χ4v) is 3.06. The number of pyridine rings is 1. The van der Waals surface area contributed by atoms with Gasteiger partial charge in [0.1, 0.15) is 17.3 Å². The van der Waals surface area contributed by atoms with Crippen LogP contribution < -0.4 is 20.7 Å². The van der Waals surface area contributed by atoms with Crippen LogP contribution in [0.1, 0.15) is 17.0 Å². The largest absolute Gasteiger partial charge is 0.493 e. The molecule has 0 spiro atoms. The van der Waals surface area contributed by atoms with Crippen LogP contribution in [0.3, 0.4) is 0 Å². The molecule has 9 nitrogen and oxygen atoms in total. The highest BCUT2D eigenvalue weighted by Gasteiger charge is 2.16. The molecule has 0 atom stereocenters. The third-order valence-electron chi connectivity index (χ3n) is 4.40. The van der Waals surface area contributed by atoms with Gasteiger partial charge in [-0.05, 0) is 6.92 Å². The number of methoxy groups -OCH3 is 1. The molecule has 9 heteroatoms. The zero-order valence-electron chi connectivity index (χ0n) is 15.6. The zero-order valence-corrected chi connectivity index (χ0v) is 15.6. The quantitative estimate of drug-likeness (QED) is 0.628. The van der Waals surface area contributed by atoms with Crippen LogP contribution in [0.4, 0.5) is 17.6 Å². The summed E-state index contributed by atoms with van der Waals surface area (Å²) in [5.74, 6) is 2.48. The normalized spacial score (nSPS) is 13.1. The van der Waals surface area contributed by atoms with Gasteiger partial charge in [0, 0.05) is 56.1 Å². The predicted molar refractivity (Wildman–Crippen MR) is 103 cm³/mol. The summed E-state index contributed by atoms with van der Waals surface area (Å²) in [6.07, 6.45) is 4.63. The Balaban J connectivity index is 1.69. The molecule has 3 aromatic rings. The van der Waals surface area contributed by atoms with Gasteiger partial charge in [-0.1, -0.05) is 0 Å². The summed E-state index contributed by atoms with van der Waals surface area (Å²) in [4.78, 5) is 13.2. The average Bonchev–Trinajstić information content (AvgIpc) is 3.11. The number of hydrogen-bond acceptors (Lipinski definition) is 8. The molecule has 4 rings (SSSR count). The molecule has 0 unspecified atom stereocenters. The van der Waals surface area contributed by atoms with Gasteiger partial charge in [-0.15, -0.1) is 0 Å². The number of anilines is 3. The lowest BCUT2D eigenvalue weighted by molar-refractivity contribution is 0.410. The van der Waals surface area contributed by atoms with E-state index in [0.29, 0.717) is 17.5 Å². The molecule has 0 fully saturated rings. The van der Waals surface area contributed by atoms with Crippen LogP contribution >= 0.6 is 0 Å². The van der Waals surface area contributed by atoms with Crippen molar-refractivity contribution in [3.05, 3.63) is 41.5 Å². The van der Waals surface area contributed by atoms with Crippen molar-refractivity contribution in [1.82, 2.24) is 30.0 Å². The van der Waals surface area contributed by atoms with E-state index in [1.807, 2.05) is 37.0 Å². The second kappa shape index (κ2) is 7.20. The second-order valence-corrected chi connectivity index (χ2v) is 6.31. The van der Waals surface area contributed by atoms with E-state index in [2.05, 4.69) is 30.9 Å². The summed E-state index contributed by atoms with van der Waals surface area (Å²) in [5.41, 5.74) is 3.99. The summed E-state index contributed by atoms with van der Waals surface area (Å²) in [7, 11) is 3.45. The Morgan fingerprint density at radius 1 is 1.22 bits per heavy atom. The van der Waals surface area contributed by atoms with E-state index in [4.69, 9.17) is 9.84 Å². The smallest absolute Gasteiger partial charge is 0.230 e. The fraction of sp³-hybridized carbons (Fsp3) is 0.333. The van der Waals surface area contributed by atoms with Crippen LogP contribution in [0, 0.1) is 6.92 Å². The van der Waals surface area contributed by atoms with Crippen LogP contribution in [0.5, 0.6) is 5.75 Å². The van der Waals surface area contributed by atoms with Crippen molar-refractivity contribution in [2.75, 3.05) is 31.3 Å². The molecule has 0 radical (unpaired) electrons. The average molecular weight is 366 g/mol. The second-order valence-electron chi connectivity index (χ2n) is 6.31. The van der Waals surface area contributed by atoms with Crippen LogP contribution in [0.2, 0.25) is 0 Å². The van der Waals surface area contributed by atoms with Gasteiger partial charge in [-0.3, -0.25) is 0 Å². The first-order valence-electron chi connectivity index (χ1n) is 8.79. The molecule has 3 N–H and O–H groups in total. The Morgan fingerprint density at radius 3 is 2.89 bits per heavy atom. The number of rotatable bonds is 5. The predicted octanol–water partition coefficient (Wildman–Crippen LogP) is 1.81. The maximum atomic E-state index is 5.48. The Kier molecular flexibility index (Phi) is 4.59. The standard InChI is InChI=1S/C18H22N8O/c1-11-6-16(19-2)23-18(22-11)24-17-7-14(15(27-3)9-21-17)26-10-12-8-20-5-4-13(12)25-26/h6-7,9-10,20H,4-5,8H2,1-3H3,(H2,19,21,22,23,24). The minimum atomic E-state index is 0.479. The lowest BCUT2D eigenvalue weighted by atomic mass is 10.1.